The minimum absolute atomic E-state index is 0. The minimum atomic E-state index is 0. The van der Waals surface area contributed by atoms with Crippen LogP contribution >= 0.6 is 0 Å². The summed E-state index contributed by atoms with van der Waals surface area (Å²) in [7, 11) is 0. The molecule has 0 aliphatic carbocycles. The van der Waals surface area contributed by atoms with Crippen molar-refractivity contribution in [3.8, 4) is 22.6 Å². The van der Waals surface area contributed by atoms with Crippen molar-refractivity contribution in [1.82, 2.24) is 15.0 Å². The molecule has 4 heteroatoms. The molecule has 0 spiro atoms. The van der Waals surface area contributed by atoms with Gasteiger partial charge in [-0.2, -0.15) is 0 Å². The van der Waals surface area contributed by atoms with E-state index in [0.717, 1.165) is 22.6 Å². The van der Waals surface area contributed by atoms with Gasteiger partial charge >= 0.3 is 0 Å². The summed E-state index contributed by atoms with van der Waals surface area (Å²) in [5, 5.41) is 0. The third kappa shape index (κ3) is 2.86. The molecule has 3 heterocycles. The van der Waals surface area contributed by atoms with Gasteiger partial charge in [0.2, 0.25) is 0 Å². The van der Waals surface area contributed by atoms with Crippen molar-refractivity contribution in [3.63, 3.8) is 0 Å². The Morgan fingerprint density at radius 3 is 1.84 bits per heavy atom. The maximum Gasteiger partial charge on any atom is 0.0980 e. The Kier molecular flexibility index (Phi) is 4.38. The molecule has 0 atom stereocenters. The van der Waals surface area contributed by atoms with E-state index in [2.05, 4.69) is 15.0 Å². The summed E-state index contributed by atoms with van der Waals surface area (Å²) in [5.74, 6) is 0. The van der Waals surface area contributed by atoms with Crippen molar-refractivity contribution in [2.75, 3.05) is 0 Å². The summed E-state index contributed by atoms with van der Waals surface area (Å²) in [6.07, 6.45) is 5.33. The van der Waals surface area contributed by atoms with E-state index in [4.69, 9.17) is 0 Å². The van der Waals surface area contributed by atoms with Crippen molar-refractivity contribution in [3.05, 3.63) is 67.1 Å². The van der Waals surface area contributed by atoms with Crippen molar-refractivity contribution < 1.29 is 16.8 Å². The van der Waals surface area contributed by atoms with E-state index in [-0.39, 0.29) is 16.8 Å². The number of rotatable bonds is 2. The normalized spacial score (nSPS) is 9.68. The van der Waals surface area contributed by atoms with Gasteiger partial charge in [-0.3, -0.25) is 15.0 Å². The van der Waals surface area contributed by atoms with Gasteiger partial charge in [0, 0.05) is 40.9 Å². The minimum Gasteiger partial charge on any atom is -0.256 e. The first kappa shape index (κ1) is 13.4. The molecule has 0 amide bonds. The Morgan fingerprint density at radius 2 is 1.21 bits per heavy atom. The van der Waals surface area contributed by atoms with E-state index in [0.29, 0.717) is 0 Å². The van der Waals surface area contributed by atoms with Crippen LogP contribution in [0.5, 0.6) is 0 Å². The van der Waals surface area contributed by atoms with Gasteiger partial charge in [0.15, 0.2) is 0 Å². The standard InChI is InChI=1S/C15H11N3.Co/c1-3-9-16-13(7-1)12-6-5-11-18-15(12)14-8-2-4-10-17-14;/h1-11H;. The molecule has 3 rings (SSSR count). The van der Waals surface area contributed by atoms with E-state index in [9.17, 15) is 0 Å². The zero-order valence-corrected chi connectivity index (χ0v) is 11.1. The Morgan fingerprint density at radius 1 is 0.579 bits per heavy atom. The molecule has 3 aromatic rings. The average molecular weight is 292 g/mol. The average Bonchev–Trinajstić information content (AvgIpc) is 2.49. The maximum atomic E-state index is 4.42. The molecule has 19 heavy (non-hydrogen) atoms. The molecule has 0 bridgehead atoms. The van der Waals surface area contributed by atoms with Crippen LogP contribution in [0.4, 0.5) is 0 Å². The van der Waals surface area contributed by atoms with Gasteiger partial charge in [0.05, 0.1) is 17.1 Å². The van der Waals surface area contributed by atoms with Crippen LogP contribution in [0.1, 0.15) is 0 Å². The number of aromatic nitrogens is 3. The van der Waals surface area contributed by atoms with Crippen LogP contribution in [0.3, 0.4) is 0 Å². The van der Waals surface area contributed by atoms with Gasteiger partial charge in [-0.05, 0) is 36.4 Å². The summed E-state index contributed by atoms with van der Waals surface area (Å²) >= 11 is 0. The fourth-order valence-corrected chi connectivity index (χ4v) is 1.84. The number of hydrogen-bond donors (Lipinski definition) is 0. The Bertz CT molecular complexity index is 583. The molecule has 0 saturated heterocycles. The molecule has 1 radical (unpaired) electrons. The first-order chi connectivity index (χ1) is 8.95. The zero-order chi connectivity index (χ0) is 12.2. The van der Waals surface area contributed by atoms with Crippen molar-refractivity contribution >= 4 is 0 Å². The molecule has 0 aromatic carbocycles. The number of hydrogen-bond acceptors (Lipinski definition) is 3. The van der Waals surface area contributed by atoms with Crippen LogP contribution in [0.25, 0.3) is 22.6 Å². The zero-order valence-electron chi connectivity index (χ0n) is 10.0. The Labute approximate surface area is 122 Å². The summed E-state index contributed by atoms with van der Waals surface area (Å²) in [6, 6.07) is 15.6. The van der Waals surface area contributed by atoms with Crippen LogP contribution in [0.15, 0.2) is 67.1 Å². The predicted octanol–water partition coefficient (Wildman–Crippen LogP) is 3.20. The second kappa shape index (κ2) is 6.22. The molecular formula is C15H11CoN3. The van der Waals surface area contributed by atoms with E-state index in [1.54, 1.807) is 18.6 Å². The van der Waals surface area contributed by atoms with Gasteiger partial charge in [-0.25, -0.2) is 0 Å². The fraction of sp³-hybridized carbons (Fsp3) is 0. The number of nitrogens with zero attached hydrogens (tertiary/aromatic N) is 3. The van der Waals surface area contributed by atoms with Gasteiger partial charge in [-0.1, -0.05) is 12.1 Å². The molecular weight excluding hydrogens is 281 g/mol. The summed E-state index contributed by atoms with van der Waals surface area (Å²) in [4.78, 5) is 13.1. The molecule has 3 nitrogen and oxygen atoms in total. The Balaban J connectivity index is 0.00000133. The molecule has 3 aromatic heterocycles. The van der Waals surface area contributed by atoms with Crippen LogP contribution in [0.2, 0.25) is 0 Å². The van der Waals surface area contributed by atoms with Gasteiger partial charge in [0.25, 0.3) is 0 Å². The summed E-state index contributed by atoms with van der Waals surface area (Å²) < 4.78 is 0. The van der Waals surface area contributed by atoms with Crippen LogP contribution in [0, 0.1) is 0 Å². The first-order valence-corrected chi connectivity index (χ1v) is 5.73. The third-order valence-corrected chi connectivity index (χ3v) is 2.66. The molecule has 0 unspecified atom stereocenters. The van der Waals surface area contributed by atoms with Crippen molar-refractivity contribution in [2.45, 2.75) is 0 Å². The Hall–Kier alpha value is -2.04. The quantitative estimate of drug-likeness (QED) is 0.728. The molecule has 0 aliphatic heterocycles. The van der Waals surface area contributed by atoms with E-state index in [1.807, 2.05) is 48.5 Å². The smallest absolute Gasteiger partial charge is 0.0980 e. The third-order valence-electron chi connectivity index (χ3n) is 2.66. The molecule has 0 aliphatic rings. The second-order valence-corrected chi connectivity index (χ2v) is 3.83. The number of pyridine rings is 3. The second-order valence-electron chi connectivity index (χ2n) is 3.83. The molecule has 0 N–H and O–H groups in total. The maximum absolute atomic E-state index is 4.42. The largest absolute Gasteiger partial charge is 0.256 e. The van der Waals surface area contributed by atoms with Crippen LogP contribution in [-0.4, -0.2) is 15.0 Å². The summed E-state index contributed by atoms with van der Waals surface area (Å²) in [5.41, 5.74) is 3.62. The monoisotopic (exact) mass is 292 g/mol. The topological polar surface area (TPSA) is 38.7 Å². The molecule has 95 valence electrons. The van der Waals surface area contributed by atoms with Crippen LogP contribution in [-0.2, 0) is 16.8 Å². The predicted molar refractivity (Wildman–Crippen MR) is 70.7 cm³/mol. The molecule has 0 fully saturated rings. The van der Waals surface area contributed by atoms with Gasteiger partial charge in [0.1, 0.15) is 0 Å². The van der Waals surface area contributed by atoms with Gasteiger partial charge in [-0.15, -0.1) is 0 Å². The van der Waals surface area contributed by atoms with Crippen molar-refractivity contribution in [2.24, 2.45) is 0 Å². The first-order valence-electron chi connectivity index (χ1n) is 5.73. The van der Waals surface area contributed by atoms with Gasteiger partial charge < -0.3 is 0 Å². The van der Waals surface area contributed by atoms with Crippen LogP contribution < -0.4 is 0 Å². The fourth-order valence-electron chi connectivity index (χ4n) is 1.84. The molecule has 0 saturated carbocycles. The van der Waals surface area contributed by atoms with E-state index in [1.165, 1.54) is 0 Å². The van der Waals surface area contributed by atoms with Crippen molar-refractivity contribution in [1.29, 1.82) is 0 Å². The summed E-state index contributed by atoms with van der Waals surface area (Å²) in [6.45, 7) is 0. The van der Waals surface area contributed by atoms with E-state index >= 15 is 0 Å². The SMILES string of the molecule is [Co].c1ccc(-c2cccnc2-c2ccccn2)nc1. The van der Waals surface area contributed by atoms with E-state index < -0.39 is 0 Å².